The van der Waals surface area contributed by atoms with E-state index in [1.165, 1.54) is 0 Å². The second kappa shape index (κ2) is 8.68. The normalized spacial score (nSPS) is 10.5. The highest BCUT2D eigenvalue weighted by Crippen LogP contribution is 2.22. The van der Waals surface area contributed by atoms with Gasteiger partial charge in [-0.15, -0.1) is 11.8 Å². The van der Waals surface area contributed by atoms with E-state index in [9.17, 15) is 13.6 Å². The summed E-state index contributed by atoms with van der Waals surface area (Å²) in [6.45, 7) is 2.44. The lowest BCUT2D eigenvalue weighted by Gasteiger charge is -2.10. The second-order valence-electron chi connectivity index (χ2n) is 5.28. The highest BCUT2D eigenvalue weighted by atomic mass is 32.2. The number of aryl methyl sites for hydroxylation is 1. The molecule has 0 atom stereocenters. The Balaban J connectivity index is 1.81. The van der Waals surface area contributed by atoms with Gasteiger partial charge in [0.1, 0.15) is 17.4 Å². The summed E-state index contributed by atoms with van der Waals surface area (Å²) in [5.41, 5.74) is 2.14. The Morgan fingerprint density at radius 3 is 2.75 bits per heavy atom. The molecule has 2 rings (SSSR count). The minimum absolute atomic E-state index is 0.0331. The first-order valence-corrected chi connectivity index (χ1v) is 8.46. The first-order chi connectivity index (χ1) is 11.5. The van der Waals surface area contributed by atoms with Crippen molar-refractivity contribution in [1.82, 2.24) is 5.32 Å². The highest BCUT2D eigenvalue weighted by molar-refractivity contribution is 8.00. The summed E-state index contributed by atoms with van der Waals surface area (Å²) >= 11 is 0.974. The zero-order chi connectivity index (χ0) is 17.5. The predicted molar refractivity (Wildman–Crippen MR) is 91.5 cm³/mol. The average Bonchev–Trinajstić information content (AvgIpc) is 2.56. The number of rotatable bonds is 7. The van der Waals surface area contributed by atoms with Crippen LogP contribution < -0.4 is 10.1 Å². The summed E-state index contributed by atoms with van der Waals surface area (Å²) in [5, 5.41) is 2.77. The van der Waals surface area contributed by atoms with E-state index in [0.29, 0.717) is 13.0 Å². The Kier molecular flexibility index (Phi) is 6.61. The molecule has 0 radical (unpaired) electrons. The van der Waals surface area contributed by atoms with Crippen molar-refractivity contribution in [3.8, 4) is 5.75 Å². The lowest BCUT2D eigenvalue weighted by Crippen LogP contribution is -2.27. The number of amides is 1. The minimum atomic E-state index is -0.529. The summed E-state index contributed by atoms with van der Waals surface area (Å²) in [6.07, 6.45) is 0.635. The van der Waals surface area contributed by atoms with E-state index in [1.807, 2.05) is 25.1 Å². The molecule has 0 spiro atoms. The standard InChI is InChI=1S/C18H19F2NO2S/c1-12-3-6-16(23-2)13(9-12)7-8-21-18(22)11-24-17-10-14(19)4-5-15(17)20/h3-6,9-10H,7-8,11H2,1-2H3,(H,21,22). The molecule has 0 aliphatic rings. The Labute approximate surface area is 144 Å². The molecule has 1 N–H and O–H groups in total. The van der Waals surface area contributed by atoms with Crippen molar-refractivity contribution in [3.63, 3.8) is 0 Å². The molecule has 0 unspecified atom stereocenters. The van der Waals surface area contributed by atoms with Gasteiger partial charge in [0.25, 0.3) is 0 Å². The molecule has 0 saturated heterocycles. The van der Waals surface area contributed by atoms with Gasteiger partial charge >= 0.3 is 0 Å². The van der Waals surface area contributed by atoms with E-state index in [0.717, 1.165) is 46.8 Å². The maximum absolute atomic E-state index is 13.5. The highest BCUT2D eigenvalue weighted by Gasteiger charge is 2.09. The monoisotopic (exact) mass is 351 g/mol. The molecular formula is C18H19F2NO2S. The van der Waals surface area contributed by atoms with Crippen LogP contribution >= 0.6 is 11.8 Å². The maximum Gasteiger partial charge on any atom is 0.230 e. The van der Waals surface area contributed by atoms with Gasteiger partial charge in [-0.3, -0.25) is 4.79 Å². The van der Waals surface area contributed by atoms with Gasteiger partial charge in [0.15, 0.2) is 0 Å². The molecule has 2 aromatic carbocycles. The van der Waals surface area contributed by atoms with Gasteiger partial charge in [-0.05, 0) is 43.2 Å². The number of carbonyl (C=O) groups is 1. The topological polar surface area (TPSA) is 38.3 Å². The Morgan fingerprint density at radius 1 is 1.21 bits per heavy atom. The van der Waals surface area contributed by atoms with E-state index in [4.69, 9.17) is 4.74 Å². The molecule has 0 aliphatic heterocycles. The van der Waals surface area contributed by atoms with Crippen LogP contribution in [0.4, 0.5) is 8.78 Å². The molecule has 0 fully saturated rings. The number of nitrogens with one attached hydrogen (secondary N) is 1. The third-order valence-corrected chi connectivity index (χ3v) is 4.43. The van der Waals surface area contributed by atoms with Crippen LogP contribution in [-0.2, 0) is 11.2 Å². The zero-order valence-corrected chi connectivity index (χ0v) is 14.4. The van der Waals surface area contributed by atoms with Crippen molar-refractivity contribution in [3.05, 3.63) is 59.2 Å². The third-order valence-electron chi connectivity index (χ3n) is 3.40. The molecule has 128 valence electrons. The average molecular weight is 351 g/mol. The second-order valence-corrected chi connectivity index (χ2v) is 6.30. The van der Waals surface area contributed by atoms with Crippen molar-refractivity contribution >= 4 is 17.7 Å². The Morgan fingerprint density at radius 2 is 2.00 bits per heavy atom. The van der Waals surface area contributed by atoms with E-state index in [-0.39, 0.29) is 16.6 Å². The van der Waals surface area contributed by atoms with Gasteiger partial charge in [0, 0.05) is 11.4 Å². The van der Waals surface area contributed by atoms with Crippen molar-refractivity contribution in [2.45, 2.75) is 18.2 Å². The molecule has 2 aromatic rings. The fourth-order valence-electron chi connectivity index (χ4n) is 2.22. The lowest BCUT2D eigenvalue weighted by atomic mass is 10.1. The van der Waals surface area contributed by atoms with Crippen LogP contribution in [0.2, 0.25) is 0 Å². The lowest BCUT2D eigenvalue weighted by molar-refractivity contribution is -0.118. The molecule has 3 nitrogen and oxygen atoms in total. The first kappa shape index (κ1) is 18.3. The molecule has 6 heteroatoms. The molecule has 0 bridgehead atoms. The van der Waals surface area contributed by atoms with Crippen molar-refractivity contribution < 1.29 is 18.3 Å². The number of ether oxygens (including phenoxy) is 1. The van der Waals surface area contributed by atoms with Gasteiger partial charge in [0.05, 0.1) is 12.9 Å². The molecular weight excluding hydrogens is 332 g/mol. The van der Waals surface area contributed by atoms with Gasteiger partial charge < -0.3 is 10.1 Å². The summed E-state index contributed by atoms with van der Waals surface area (Å²) in [4.78, 5) is 12.0. The summed E-state index contributed by atoms with van der Waals surface area (Å²) in [5.74, 6) is -0.461. The van der Waals surface area contributed by atoms with E-state index in [2.05, 4.69) is 5.32 Å². The number of thioether (sulfide) groups is 1. The first-order valence-electron chi connectivity index (χ1n) is 7.47. The van der Waals surface area contributed by atoms with Crippen LogP contribution in [0.25, 0.3) is 0 Å². The number of hydrogen-bond donors (Lipinski definition) is 1. The van der Waals surface area contributed by atoms with E-state index < -0.39 is 11.6 Å². The van der Waals surface area contributed by atoms with Gasteiger partial charge in [-0.2, -0.15) is 0 Å². The van der Waals surface area contributed by atoms with Crippen LogP contribution in [0.5, 0.6) is 5.75 Å². The van der Waals surface area contributed by atoms with Crippen molar-refractivity contribution in [1.29, 1.82) is 0 Å². The van der Waals surface area contributed by atoms with Gasteiger partial charge in [-0.1, -0.05) is 17.7 Å². The molecule has 0 saturated carbocycles. The van der Waals surface area contributed by atoms with Crippen LogP contribution in [0.3, 0.4) is 0 Å². The zero-order valence-electron chi connectivity index (χ0n) is 13.6. The Hall–Kier alpha value is -2.08. The number of carbonyl (C=O) groups excluding carboxylic acids is 1. The van der Waals surface area contributed by atoms with Crippen LogP contribution in [0.15, 0.2) is 41.3 Å². The summed E-state index contributed by atoms with van der Waals surface area (Å²) < 4.78 is 31.8. The molecule has 0 aliphatic carbocycles. The smallest absolute Gasteiger partial charge is 0.230 e. The van der Waals surface area contributed by atoms with Crippen LogP contribution in [-0.4, -0.2) is 25.3 Å². The fourth-order valence-corrected chi connectivity index (χ4v) is 3.01. The minimum Gasteiger partial charge on any atom is -0.496 e. The molecule has 0 heterocycles. The number of halogens is 2. The van der Waals surface area contributed by atoms with E-state index >= 15 is 0 Å². The molecule has 24 heavy (non-hydrogen) atoms. The third kappa shape index (κ3) is 5.23. The Bertz CT molecular complexity index is 722. The largest absolute Gasteiger partial charge is 0.496 e. The van der Waals surface area contributed by atoms with Crippen molar-refractivity contribution in [2.75, 3.05) is 19.4 Å². The predicted octanol–water partition coefficient (Wildman–Crippen LogP) is 3.73. The van der Waals surface area contributed by atoms with Crippen molar-refractivity contribution in [2.24, 2.45) is 0 Å². The van der Waals surface area contributed by atoms with Crippen LogP contribution in [0, 0.1) is 18.6 Å². The molecule has 0 aromatic heterocycles. The quantitative estimate of drug-likeness (QED) is 0.773. The number of benzene rings is 2. The van der Waals surface area contributed by atoms with Crippen LogP contribution in [0.1, 0.15) is 11.1 Å². The van der Waals surface area contributed by atoms with E-state index in [1.54, 1.807) is 7.11 Å². The van der Waals surface area contributed by atoms with Gasteiger partial charge in [-0.25, -0.2) is 8.78 Å². The fraction of sp³-hybridized carbons (Fsp3) is 0.278. The number of hydrogen-bond acceptors (Lipinski definition) is 3. The summed E-state index contributed by atoms with van der Waals surface area (Å²) in [6, 6.07) is 9.07. The van der Waals surface area contributed by atoms with Gasteiger partial charge in [0.2, 0.25) is 5.91 Å². The SMILES string of the molecule is COc1ccc(C)cc1CCNC(=O)CSc1cc(F)ccc1F. The molecule has 1 amide bonds. The number of methoxy groups -OCH3 is 1. The maximum atomic E-state index is 13.5. The summed E-state index contributed by atoms with van der Waals surface area (Å²) in [7, 11) is 1.61.